The van der Waals surface area contributed by atoms with Crippen LogP contribution in [-0.4, -0.2) is 60.8 Å². The summed E-state index contributed by atoms with van der Waals surface area (Å²) in [7, 11) is -3.70. The number of carbonyl (C=O) groups is 2. The van der Waals surface area contributed by atoms with Crippen molar-refractivity contribution in [3.8, 4) is 0 Å². The zero-order chi connectivity index (χ0) is 19.5. The van der Waals surface area contributed by atoms with Gasteiger partial charge in [-0.15, -0.1) is 6.58 Å². The van der Waals surface area contributed by atoms with Gasteiger partial charge < -0.3 is 10.0 Å². The number of carbonyl (C=O) groups excluding carboxylic acids is 1. The Labute approximate surface area is 154 Å². The van der Waals surface area contributed by atoms with Gasteiger partial charge in [0.05, 0.1) is 10.5 Å². The zero-order valence-corrected chi connectivity index (χ0v) is 15.8. The first-order chi connectivity index (χ1) is 12.1. The molecule has 26 heavy (non-hydrogen) atoms. The minimum absolute atomic E-state index is 0.0101. The average molecular weight is 380 g/mol. The van der Waals surface area contributed by atoms with Crippen molar-refractivity contribution in [1.82, 2.24) is 9.21 Å². The first-order valence-corrected chi connectivity index (χ1v) is 9.83. The second-order valence-electron chi connectivity index (χ2n) is 6.62. The van der Waals surface area contributed by atoms with Crippen LogP contribution in [0.2, 0.25) is 0 Å². The molecule has 0 saturated carbocycles. The van der Waals surface area contributed by atoms with Gasteiger partial charge in [-0.25, -0.2) is 13.2 Å². The van der Waals surface area contributed by atoms with Crippen molar-refractivity contribution >= 4 is 21.9 Å². The lowest BCUT2D eigenvalue weighted by Crippen LogP contribution is -2.51. The van der Waals surface area contributed by atoms with Crippen LogP contribution < -0.4 is 0 Å². The van der Waals surface area contributed by atoms with Crippen molar-refractivity contribution in [3.63, 3.8) is 0 Å². The molecule has 1 N–H and O–H groups in total. The summed E-state index contributed by atoms with van der Waals surface area (Å²) in [4.78, 5) is 25.0. The van der Waals surface area contributed by atoms with Crippen LogP contribution in [0.3, 0.4) is 0 Å². The highest BCUT2D eigenvalue weighted by Gasteiger charge is 2.31. The lowest BCUT2D eigenvalue weighted by Gasteiger charge is -2.35. The van der Waals surface area contributed by atoms with Crippen LogP contribution in [0.25, 0.3) is 0 Å². The summed E-state index contributed by atoms with van der Waals surface area (Å²) in [6, 6.07) is 5.14. The van der Waals surface area contributed by atoms with Crippen molar-refractivity contribution in [1.29, 1.82) is 0 Å². The fourth-order valence-electron chi connectivity index (χ4n) is 2.99. The van der Waals surface area contributed by atoms with Gasteiger partial charge in [-0.05, 0) is 37.6 Å². The lowest BCUT2D eigenvalue weighted by atomic mass is 10.0. The second-order valence-corrected chi connectivity index (χ2v) is 8.56. The number of carboxylic acids is 1. The quantitative estimate of drug-likeness (QED) is 0.760. The number of amides is 1. The molecule has 1 aromatic rings. The smallest absolute Gasteiger partial charge is 0.335 e. The lowest BCUT2D eigenvalue weighted by molar-refractivity contribution is -0.136. The molecule has 0 bridgehead atoms. The van der Waals surface area contributed by atoms with Crippen molar-refractivity contribution in [2.45, 2.75) is 25.2 Å². The Morgan fingerprint density at radius 1 is 1.15 bits per heavy atom. The van der Waals surface area contributed by atoms with Gasteiger partial charge in [-0.2, -0.15) is 4.31 Å². The van der Waals surface area contributed by atoms with E-state index in [0.717, 1.165) is 5.57 Å². The van der Waals surface area contributed by atoms with Gasteiger partial charge in [-0.1, -0.05) is 12.5 Å². The summed E-state index contributed by atoms with van der Waals surface area (Å²) in [5.41, 5.74) is 0.975. The summed E-state index contributed by atoms with van der Waals surface area (Å²) < 4.78 is 26.7. The number of nitrogens with zero attached hydrogens (tertiary/aromatic N) is 2. The molecule has 1 aliphatic heterocycles. The van der Waals surface area contributed by atoms with Crippen LogP contribution in [-0.2, 0) is 14.8 Å². The van der Waals surface area contributed by atoms with E-state index in [2.05, 4.69) is 6.58 Å². The highest BCUT2D eigenvalue weighted by Crippen LogP contribution is 2.20. The SMILES string of the molecule is C=C(C)CC(C)C(=O)N1CCN(S(=O)(=O)c2ccc(C(=O)O)cc2)CC1. The maximum atomic E-state index is 12.7. The van der Waals surface area contributed by atoms with E-state index in [4.69, 9.17) is 5.11 Å². The molecule has 0 radical (unpaired) electrons. The Kier molecular flexibility index (Phi) is 6.20. The maximum absolute atomic E-state index is 12.7. The van der Waals surface area contributed by atoms with Crippen LogP contribution in [0.5, 0.6) is 0 Å². The van der Waals surface area contributed by atoms with E-state index >= 15 is 0 Å². The standard InChI is InChI=1S/C18H24N2O5S/c1-13(2)12-14(3)17(21)19-8-10-20(11-9-19)26(24,25)16-6-4-15(5-7-16)18(22)23/h4-7,14H,1,8-12H2,2-3H3,(H,22,23). The molecule has 8 heteroatoms. The third-order valence-corrected chi connectivity index (χ3v) is 6.28. The summed E-state index contributed by atoms with van der Waals surface area (Å²) in [5.74, 6) is -1.26. The van der Waals surface area contributed by atoms with Crippen LogP contribution in [0, 0.1) is 5.92 Å². The fraction of sp³-hybridized carbons (Fsp3) is 0.444. The van der Waals surface area contributed by atoms with Gasteiger partial charge in [0.15, 0.2) is 0 Å². The molecule has 1 unspecified atom stereocenters. The van der Waals surface area contributed by atoms with E-state index in [1.54, 1.807) is 4.90 Å². The molecule has 7 nitrogen and oxygen atoms in total. The van der Waals surface area contributed by atoms with Crippen molar-refractivity contribution < 1.29 is 23.1 Å². The molecule has 1 fully saturated rings. The Balaban J connectivity index is 2.03. The van der Waals surface area contributed by atoms with E-state index in [0.29, 0.717) is 19.5 Å². The molecule has 1 saturated heterocycles. The number of sulfonamides is 1. The number of piperazine rings is 1. The Bertz CT molecular complexity index is 793. The molecule has 2 rings (SSSR count). The molecule has 1 aliphatic rings. The van der Waals surface area contributed by atoms with Crippen molar-refractivity contribution in [2.24, 2.45) is 5.92 Å². The predicted octanol–water partition coefficient (Wildman–Crippen LogP) is 1.82. The van der Waals surface area contributed by atoms with Crippen LogP contribution in [0.1, 0.15) is 30.6 Å². The Morgan fingerprint density at radius 3 is 2.15 bits per heavy atom. The molecule has 1 amide bonds. The van der Waals surface area contributed by atoms with E-state index in [1.165, 1.54) is 28.6 Å². The molecular weight excluding hydrogens is 356 g/mol. The Morgan fingerprint density at radius 2 is 1.69 bits per heavy atom. The molecule has 142 valence electrons. The molecule has 0 aromatic heterocycles. The number of carboxylic acid groups (broad SMARTS) is 1. The summed E-state index contributed by atoms with van der Waals surface area (Å²) in [6.07, 6.45) is 0.618. The second kappa shape index (κ2) is 8.01. The monoisotopic (exact) mass is 380 g/mol. The van der Waals surface area contributed by atoms with Gasteiger partial charge >= 0.3 is 5.97 Å². The first kappa shape index (κ1) is 20.1. The number of allylic oxidation sites excluding steroid dienone is 1. The third kappa shape index (κ3) is 4.50. The summed E-state index contributed by atoms with van der Waals surface area (Å²) >= 11 is 0. The van der Waals surface area contributed by atoms with E-state index in [1.807, 2.05) is 13.8 Å². The van der Waals surface area contributed by atoms with Crippen molar-refractivity contribution in [2.75, 3.05) is 26.2 Å². The number of benzene rings is 1. The first-order valence-electron chi connectivity index (χ1n) is 8.39. The summed E-state index contributed by atoms with van der Waals surface area (Å²) in [5, 5.41) is 8.90. The van der Waals surface area contributed by atoms with Crippen LogP contribution >= 0.6 is 0 Å². The predicted molar refractivity (Wildman–Crippen MR) is 97.3 cm³/mol. The van der Waals surface area contributed by atoms with Crippen LogP contribution in [0.15, 0.2) is 41.3 Å². The van der Waals surface area contributed by atoms with Gasteiger partial charge in [0.25, 0.3) is 0 Å². The van der Waals surface area contributed by atoms with Crippen LogP contribution in [0.4, 0.5) is 0 Å². The van der Waals surface area contributed by atoms with Gasteiger partial charge in [-0.3, -0.25) is 4.79 Å². The largest absolute Gasteiger partial charge is 0.478 e. The van der Waals surface area contributed by atoms with E-state index < -0.39 is 16.0 Å². The number of rotatable bonds is 6. The highest BCUT2D eigenvalue weighted by molar-refractivity contribution is 7.89. The van der Waals surface area contributed by atoms with Gasteiger partial charge in [0, 0.05) is 32.1 Å². The highest BCUT2D eigenvalue weighted by atomic mass is 32.2. The molecule has 0 aliphatic carbocycles. The molecule has 1 heterocycles. The summed E-state index contributed by atoms with van der Waals surface area (Å²) in [6.45, 7) is 8.66. The van der Waals surface area contributed by atoms with Gasteiger partial charge in [0.2, 0.25) is 15.9 Å². The minimum atomic E-state index is -3.70. The molecule has 1 atom stereocenters. The van der Waals surface area contributed by atoms with Gasteiger partial charge in [0.1, 0.15) is 0 Å². The maximum Gasteiger partial charge on any atom is 0.335 e. The topological polar surface area (TPSA) is 95.0 Å². The number of hydrogen-bond acceptors (Lipinski definition) is 4. The number of aromatic carboxylic acids is 1. The Hall–Kier alpha value is -2.19. The number of hydrogen-bond donors (Lipinski definition) is 1. The molecule has 0 spiro atoms. The fourth-order valence-corrected chi connectivity index (χ4v) is 4.41. The minimum Gasteiger partial charge on any atom is -0.478 e. The van der Waals surface area contributed by atoms with E-state index in [9.17, 15) is 18.0 Å². The normalized spacial score (nSPS) is 16.9. The van der Waals surface area contributed by atoms with Crippen molar-refractivity contribution in [3.05, 3.63) is 42.0 Å². The molecule has 1 aromatic carbocycles. The average Bonchev–Trinajstić information content (AvgIpc) is 2.60. The third-order valence-electron chi connectivity index (χ3n) is 4.37. The molecular formula is C18H24N2O5S. The zero-order valence-electron chi connectivity index (χ0n) is 15.0. The van der Waals surface area contributed by atoms with E-state index in [-0.39, 0.29) is 35.4 Å².